The predicted molar refractivity (Wildman–Crippen MR) is 93.2 cm³/mol. The number of nitrogens with zero attached hydrogens (tertiary/aromatic N) is 3. The molecule has 1 N–H and O–H groups in total. The molecule has 0 fully saturated rings. The average Bonchev–Trinajstić information content (AvgIpc) is 2.51. The normalized spacial score (nSPS) is 10.6. The summed E-state index contributed by atoms with van der Waals surface area (Å²) in [6, 6.07) is 7.90. The number of aromatic nitrogens is 2. The Morgan fingerprint density at radius 1 is 1.30 bits per heavy atom. The minimum absolute atomic E-state index is 0.144. The molecule has 2 rings (SSSR count). The van der Waals surface area contributed by atoms with Crippen molar-refractivity contribution in [3.63, 3.8) is 0 Å². The number of benzene rings is 1. The van der Waals surface area contributed by atoms with Crippen molar-refractivity contribution >= 4 is 34.9 Å². The van der Waals surface area contributed by atoms with Gasteiger partial charge in [0.05, 0.1) is 4.92 Å². The first kappa shape index (κ1) is 17.5. The lowest BCUT2D eigenvalue weighted by molar-refractivity contribution is -0.384. The fourth-order valence-electron chi connectivity index (χ4n) is 1.84. The molecule has 6 nitrogen and oxygen atoms in total. The highest BCUT2D eigenvalue weighted by atomic mass is 35.5. The molecule has 1 heterocycles. The van der Waals surface area contributed by atoms with Gasteiger partial charge < -0.3 is 5.32 Å². The van der Waals surface area contributed by atoms with E-state index in [9.17, 15) is 10.1 Å². The van der Waals surface area contributed by atoms with E-state index in [0.717, 1.165) is 23.3 Å². The van der Waals surface area contributed by atoms with E-state index in [1.165, 1.54) is 11.8 Å². The largest absolute Gasteiger partial charge is 0.360 e. The molecule has 0 aliphatic rings. The minimum Gasteiger partial charge on any atom is -0.360 e. The van der Waals surface area contributed by atoms with Crippen molar-refractivity contribution in [1.29, 1.82) is 0 Å². The molecule has 1 aromatic heterocycles. The van der Waals surface area contributed by atoms with Crippen LogP contribution in [0.4, 0.5) is 11.5 Å². The lowest BCUT2D eigenvalue weighted by Gasteiger charge is -2.09. The second-order valence-corrected chi connectivity index (χ2v) is 6.36. The molecule has 1 aromatic carbocycles. The zero-order valence-corrected chi connectivity index (χ0v) is 14.4. The Morgan fingerprint density at radius 3 is 2.61 bits per heavy atom. The van der Waals surface area contributed by atoms with Crippen LogP contribution in [0.3, 0.4) is 0 Å². The van der Waals surface area contributed by atoms with Crippen molar-refractivity contribution in [2.45, 2.75) is 32.0 Å². The summed E-state index contributed by atoms with van der Waals surface area (Å²) in [6.07, 6.45) is 0.953. The summed E-state index contributed by atoms with van der Waals surface area (Å²) in [5.41, 5.74) is 1.87. The van der Waals surface area contributed by atoms with Gasteiger partial charge in [-0.1, -0.05) is 60.1 Å². The Bertz CT molecular complexity index is 695. The van der Waals surface area contributed by atoms with Crippen molar-refractivity contribution in [2.75, 3.05) is 11.1 Å². The van der Waals surface area contributed by atoms with Gasteiger partial charge in [0.2, 0.25) is 11.0 Å². The van der Waals surface area contributed by atoms with E-state index >= 15 is 0 Å². The molecule has 8 heteroatoms. The van der Waals surface area contributed by atoms with E-state index < -0.39 is 4.92 Å². The van der Waals surface area contributed by atoms with E-state index in [2.05, 4.69) is 15.3 Å². The first-order chi connectivity index (χ1) is 11.0. The Kier molecular flexibility index (Phi) is 6.18. The second kappa shape index (κ2) is 8.12. The van der Waals surface area contributed by atoms with E-state index in [0.29, 0.717) is 11.7 Å². The Morgan fingerprint density at radius 2 is 2.00 bits per heavy atom. The van der Waals surface area contributed by atoms with Crippen molar-refractivity contribution in [1.82, 2.24) is 9.97 Å². The van der Waals surface area contributed by atoms with Crippen molar-refractivity contribution in [3.05, 3.63) is 50.7 Å². The number of aryl methyl sites for hydroxylation is 1. The first-order valence-corrected chi connectivity index (χ1v) is 8.51. The van der Waals surface area contributed by atoms with Gasteiger partial charge >= 0.3 is 5.69 Å². The van der Waals surface area contributed by atoms with E-state index in [4.69, 9.17) is 11.6 Å². The summed E-state index contributed by atoms with van der Waals surface area (Å²) in [5, 5.41) is 14.5. The van der Waals surface area contributed by atoms with E-state index in [1.807, 2.05) is 38.1 Å². The molecular weight excluding hydrogens is 336 g/mol. The van der Waals surface area contributed by atoms with Gasteiger partial charge in [0.15, 0.2) is 5.16 Å². The topological polar surface area (TPSA) is 81.0 Å². The Labute approximate surface area is 143 Å². The Hall–Kier alpha value is -1.86. The highest BCUT2D eigenvalue weighted by Crippen LogP contribution is 2.32. The lowest BCUT2D eigenvalue weighted by atomic mass is 10.1. The van der Waals surface area contributed by atoms with Crippen LogP contribution in [0.25, 0.3) is 0 Å². The molecule has 0 amide bonds. The third kappa shape index (κ3) is 4.80. The fourth-order valence-corrected chi connectivity index (χ4v) is 2.83. The SMILES string of the molecule is CCCSc1nc(Cl)c([N+](=O)[O-])c(NCc2ccc(C)cc2)n1. The first-order valence-electron chi connectivity index (χ1n) is 7.15. The number of halogens is 1. The summed E-state index contributed by atoms with van der Waals surface area (Å²) < 4.78 is 0. The monoisotopic (exact) mass is 352 g/mol. The van der Waals surface area contributed by atoms with Gasteiger partial charge in [0, 0.05) is 12.3 Å². The summed E-state index contributed by atoms with van der Waals surface area (Å²) in [4.78, 5) is 18.9. The van der Waals surface area contributed by atoms with Crippen molar-refractivity contribution in [3.8, 4) is 0 Å². The molecule has 0 spiro atoms. The maximum Gasteiger partial charge on any atom is 0.348 e. The highest BCUT2D eigenvalue weighted by Gasteiger charge is 2.23. The molecule has 2 aromatic rings. The second-order valence-electron chi connectivity index (χ2n) is 4.94. The number of hydrogen-bond acceptors (Lipinski definition) is 6. The number of thioether (sulfide) groups is 1. The number of rotatable bonds is 7. The van der Waals surface area contributed by atoms with Crippen LogP contribution in [0, 0.1) is 17.0 Å². The van der Waals surface area contributed by atoms with Crippen LogP contribution >= 0.6 is 23.4 Å². The lowest BCUT2D eigenvalue weighted by Crippen LogP contribution is -2.07. The zero-order valence-electron chi connectivity index (χ0n) is 12.9. The van der Waals surface area contributed by atoms with Crippen LogP contribution in [0.1, 0.15) is 24.5 Å². The summed E-state index contributed by atoms with van der Waals surface area (Å²) in [5.74, 6) is 0.972. The van der Waals surface area contributed by atoms with Gasteiger partial charge in [-0.15, -0.1) is 0 Å². The standard InChI is InChI=1S/C15H17ClN4O2S/c1-3-8-23-15-18-13(16)12(20(21)22)14(19-15)17-9-11-6-4-10(2)5-7-11/h4-7H,3,8-9H2,1-2H3,(H,17,18,19). The van der Waals surface area contributed by atoms with E-state index in [1.54, 1.807) is 0 Å². The molecule has 0 saturated carbocycles. The molecule has 0 aliphatic heterocycles. The van der Waals surface area contributed by atoms with Crippen molar-refractivity contribution < 1.29 is 4.92 Å². The predicted octanol–water partition coefficient (Wildman–Crippen LogP) is 4.46. The third-order valence-electron chi connectivity index (χ3n) is 3.02. The van der Waals surface area contributed by atoms with Crippen LogP contribution < -0.4 is 5.32 Å². The third-order valence-corrected chi connectivity index (χ3v) is 4.34. The summed E-state index contributed by atoms with van der Waals surface area (Å²) >= 11 is 7.39. The molecular formula is C15H17ClN4O2S. The molecule has 122 valence electrons. The summed E-state index contributed by atoms with van der Waals surface area (Å²) in [7, 11) is 0. The molecule has 0 atom stereocenters. The zero-order chi connectivity index (χ0) is 16.8. The number of hydrogen-bond donors (Lipinski definition) is 1. The molecule has 0 bridgehead atoms. The van der Waals surface area contributed by atoms with Crippen molar-refractivity contribution in [2.24, 2.45) is 0 Å². The van der Waals surface area contributed by atoms with Gasteiger partial charge in [-0.05, 0) is 18.9 Å². The highest BCUT2D eigenvalue weighted by molar-refractivity contribution is 7.99. The minimum atomic E-state index is -0.561. The van der Waals surface area contributed by atoms with Gasteiger partial charge in [-0.3, -0.25) is 10.1 Å². The van der Waals surface area contributed by atoms with Gasteiger partial charge in [0.1, 0.15) is 0 Å². The van der Waals surface area contributed by atoms with E-state index in [-0.39, 0.29) is 16.7 Å². The quantitative estimate of drug-likeness (QED) is 0.260. The molecule has 0 radical (unpaired) electrons. The molecule has 0 saturated heterocycles. The maximum atomic E-state index is 11.2. The smallest absolute Gasteiger partial charge is 0.348 e. The van der Waals surface area contributed by atoms with Crippen LogP contribution in [-0.2, 0) is 6.54 Å². The van der Waals surface area contributed by atoms with Gasteiger partial charge in [-0.2, -0.15) is 4.98 Å². The molecule has 23 heavy (non-hydrogen) atoms. The van der Waals surface area contributed by atoms with Crippen LogP contribution in [0.2, 0.25) is 5.15 Å². The van der Waals surface area contributed by atoms with Gasteiger partial charge in [0.25, 0.3) is 0 Å². The average molecular weight is 353 g/mol. The fraction of sp³-hybridized carbons (Fsp3) is 0.333. The molecule has 0 unspecified atom stereocenters. The Balaban J connectivity index is 2.24. The maximum absolute atomic E-state index is 11.2. The summed E-state index contributed by atoms with van der Waals surface area (Å²) in [6.45, 7) is 4.46. The number of anilines is 1. The van der Waals surface area contributed by atoms with Crippen LogP contribution in [0.15, 0.2) is 29.4 Å². The molecule has 0 aliphatic carbocycles. The van der Waals surface area contributed by atoms with Crippen LogP contribution in [0.5, 0.6) is 0 Å². The van der Waals surface area contributed by atoms with Crippen LogP contribution in [-0.4, -0.2) is 20.6 Å². The number of nitro groups is 1. The number of nitrogens with one attached hydrogen (secondary N) is 1. The van der Waals surface area contributed by atoms with Gasteiger partial charge in [-0.25, -0.2) is 4.98 Å².